The van der Waals surface area contributed by atoms with Gasteiger partial charge in [0.05, 0.1) is 18.8 Å². The van der Waals surface area contributed by atoms with Gasteiger partial charge in [-0.1, -0.05) is 17.7 Å². The third kappa shape index (κ3) is 3.31. The van der Waals surface area contributed by atoms with Crippen molar-refractivity contribution in [1.82, 2.24) is 24.6 Å². The quantitative estimate of drug-likeness (QED) is 0.574. The predicted octanol–water partition coefficient (Wildman–Crippen LogP) is 3.06. The van der Waals surface area contributed by atoms with Crippen molar-refractivity contribution in [1.29, 1.82) is 0 Å². The number of benzene rings is 1. The summed E-state index contributed by atoms with van der Waals surface area (Å²) in [6.45, 7) is 9.36. The van der Waals surface area contributed by atoms with Crippen molar-refractivity contribution in [2.75, 3.05) is 49.2 Å². The molecule has 3 fully saturated rings. The van der Waals surface area contributed by atoms with Crippen LogP contribution in [0.5, 0.6) is 0 Å². The van der Waals surface area contributed by atoms with E-state index in [9.17, 15) is 0 Å². The van der Waals surface area contributed by atoms with Crippen molar-refractivity contribution < 1.29 is 4.74 Å². The molecular weight excluding hydrogens is 450 g/mol. The average Bonchev–Trinajstić information content (AvgIpc) is 3.41. The second-order valence-electron chi connectivity index (χ2n) is 10.4. The summed E-state index contributed by atoms with van der Waals surface area (Å²) in [5, 5.41) is 10.1. The molecule has 4 aliphatic heterocycles. The summed E-state index contributed by atoms with van der Waals surface area (Å²) in [4.78, 5) is 11.8. The fourth-order valence-electron chi connectivity index (χ4n) is 5.96. The van der Waals surface area contributed by atoms with E-state index < -0.39 is 0 Å². The number of hydrogen-bond acceptors (Lipinski definition) is 7. The lowest BCUT2D eigenvalue weighted by molar-refractivity contribution is 0.133. The van der Waals surface area contributed by atoms with E-state index in [2.05, 4.69) is 65.6 Å². The molecule has 0 saturated carbocycles. The number of halogens is 1. The Kier molecular flexibility index (Phi) is 4.66. The molecule has 6 heterocycles. The van der Waals surface area contributed by atoms with Gasteiger partial charge in [0.15, 0.2) is 5.82 Å². The molecule has 3 aromatic rings. The molecule has 0 aliphatic carbocycles. The predicted molar refractivity (Wildman–Crippen MR) is 131 cm³/mol. The molecule has 4 aliphatic rings. The highest BCUT2D eigenvalue weighted by molar-refractivity contribution is 6.30. The second kappa shape index (κ2) is 7.66. The molecule has 3 saturated heterocycles. The Hall–Kier alpha value is -2.68. The Morgan fingerprint density at radius 1 is 1.03 bits per heavy atom. The number of hydrogen-bond donors (Lipinski definition) is 0. The maximum absolute atomic E-state index is 6.41. The first-order valence-electron chi connectivity index (χ1n) is 12.0. The third-order valence-electron chi connectivity index (χ3n) is 7.74. The van der Waals surface area contributed by atoms with Gasteiger partial charge in [-0.3, -0.25) is 9.47 Å². The summed E-state index contributed by atoms with van der Waals surface area (Å²) in [6.07, 6.45) is 3.00. The van der Waals surface area contributed by atoms with Gasteiger partial charge < -0.3 is 14.5 Å². The zero-order valence-corrected chi connectivity index (χ0v) is 20.1. The normalized spacial score (nSPS) is 23.3. The molecule has 0 unspecified atom stereocenters. The van der Waals surface area contributed by atoms with Crippen LogP contribution >= 0.6 is 11.6 Å². The lowest BCUT2D eigenvalue weighted by Gasteiger charge is -2.60. The minimum absolute atomic E-state index is 0.319. The van der Waals surface area contributed by atoms with Crippen molar-refractivity contribution in [3.63, 3.8) is 0 Å². The molecule has 0 radical (unpaired) electrons. The fraction of sp³-hybridized carbons (Fsp3) is 0.480. The molecule has 0 amide bonds. The van der Waals surface area contributed by atoms with Gasteiger partial charge >= 0.3 is 0 Å². The first kappa shape index (κ1) is 20.7. The molecule has 1 aromatic carbocycles. The van der Waals surface area contributed by atoms with Gasteiger partial charge in [-0.05, 0) is 48.7 Å². The summed E-state index contributed by atoms with van der Waals surface area (Å²) in [5.74, 6) is 3.01. The lowest BCUT2D eigenvalue weighted by atomic mass is 9.73. The number of ether oxygens (including phenoxy) is 1. The van der Waals surface area contributed by atoms with Crippen LogP contribution in [-0.2, 0) is 17.8 Å². The molecule has 9 heteroatoms. The van der Waals surface area contributed by atoms with Crippen molar-refractivity contribution in [3.05, 3.63) is 58.5 Å². The maximum Gasteiger partial charge on any atom is 0.231 e. The van der Waals surface area contributed by atoms with Gasteiger partial charge in [-0.15, -0.1) is 10.2 Å². The van der Waals surface area contributed by atoms with E-state index in [1.54, 1.807) is 0 Å². The van der Waals surface area contributed by atoms with Crippen molar-refractivity contribution >= 4 is 23.4 Å². The lowest BCUT2D eigenvalue weighted by Crippen LogP contribution is -2.73. The highest BCUT2D eigenvalue weighted by Crippen LogP contribution is 2.44. The summed E-state index contributed by atoms with van der Waals surface area (Å²) in [6, 6.07) is 10.8. The molecule has 34 heavy (non-hydrogen) atoms. The molecule has 1 atom stereocenters. The monoisotopic (exact) mass is 477 g/mol. The van der Waals surface area contributed by atoms with E-state index in [1.807, 2.05) is 12.3 Å². The van der Waals surface area contributed by atoms with Crippen LogP contribution in [0.2, 0.25) is 5.02 Å². The van der Waals surface area contributed by atoms with Crippen LogP contribution in [0.1, 0.15) is 23.4 Å². The Labute approximate surface area is 204 Å². The van der Waals surface area contributed by atoms with Crippen molar-refractivity contribution in [3.8, 4) is 5.69 Å². The Morgan fingerprint density at radius 2 is 1.88 bits per heavy atom. The van der Waals surface area contributed by atoms with Crippen LogP contribution in [0.25, 0.3) is 5.69 Å². The Bertz CT molecular complexity index is 1220. The molecule has 176 valence electrons. The third-order valence-corrected chi connectivity index (χ3v) is 7.98. The highest BCUT2D eigenvalue weighted by Gasteiger charge is 2.53. The van der Waals surface area contributed by atoms with Crippen LogP contribution in [0.4, 0.5) is 11.8 Å². The topological polar surface area (TPSA) is 62.6 Å². The largest absolute Gasteiger partial charge is 0.380 e. The first-order valence-corrected chi connectivity index (χ1v) is 12.4. The van der Waals surface area contributed by atoms with Crippen LogP contribution in [-0.4, -0.2) is 70.1 Å². The summed E-state index contributed by atoms with van der Waals surface area (Å²) in [7, 11) is 0. The molecule has 0 bridgehead atoms. The number of anilines is 2. The molecular formula is C25H28ClN7O. The summed E-state index contributed by atoms with van der Waals surface area (Å²) in [5.41, 5.74) is 3.87. The highest BCUT2D eigenvalue weighted by atomic mass is 35.5. The SMILES string of the molecule is Cc1ccc(N2CC3(C2)CN(c2nnc4n2-c2ccc(Cl)cc2CN([C@H]2CCOC2)C4)C3)nc1. The average molecular weight is 478 g/mol. The number of aromatic nitrogens is 4. The molecule has 2 aromatic heterocycles. The van der Waals surface area contributed by atoms with Crippen LogP contribution in [0, 0.1) is 12.3 Å². The number of rotatable bonds is 3. The number of fused-ring (bicyclic) bond motifs is 3. The minimum atomic E-state index is 0.319. The Balaban J connectivity index is 1.14. The van der Waals surface area contributed by atoms with Crippen molar-refractivity contribution in [2.45, 2.75) is 32.5 Å². The number of pyridine rings is 1. The standard InChI is InChI=1S/C25H28ClN7O/c1-17-2-5-22(27-9-17)31-13-25(14-31)15-32(16-25)24-29-28-23-11-30(20-6-7-34-12-20)10-18-8-19(26)3-4-21(18)33(23)24/h2-5,8-9,20H,6-7,10-16H2,1H3/t20-/m0/s1. The summed E-state index contributed by atoms with van der Waals surface area (Å²) >= 11 is 6.41. The number of nitrogens with zero attached hydrogens (tertiary/aromatic N) is 7. The van der Waals surface area contributed by atoms with E-state index in [1.165, 1.54) is 11.1 Å². The summed E-state index contributed by atoms with van der Waals surface area (Å²) < 4.78 is 7.94. The zero-order chi connectivity index (χ0) is 22.9. The van der Waals surface area contributed by atoms with Gasteiger partial charge in [0.2, 0.25) is 5.95 Å². The van der Waals surface area contributed by atoms with Crippen LogP contribution in [0.3, 0.4) is 0 Å². The van der Waals surface area contributed by atoms with Crippen LogP contribution < -0.4 is 9.80 Å². The van der Waals surface area contributed by atoms with E-state index in [-0.39, 0.29) is 0 Å². The van der Waals surface area contributed by atoms with E-state index in [4.69, 9.17) is 16.3 Å². The zero-order valence-electron chi connectivity index (χ0n) is 19.3. The van der Waals surface area contributed by atoms with Gasteiger partial charge in [0.1, 0.15) is 5.82 Å². The second-order valence-corrected chi connectivity index (χ2v) is 10.8. The van der Waals surface area contributed by atoms with Gasteiger partial charge in [-0.25, -0.2) is 4.98 Å². The first-order chi connectivity index (χ1) is 16.6. The van der Waals surface area contributed by atoms with Gasteiger partial charge in [0, 0.05) is 62.0 Å². The van der Waals surface area contributed by atoms with Gasteiger partial charge in [0.25, 0.3) is 0 Å². The smallest absolute Gasteiger partial charge is 0.231 e. The maximum atomic E-state index is 6.41. The Morgan fingerprint density at radius 3 is 2.65 bits per heavy atom. The minimum Gasteiger partial charge on any atom is -0.380 e. The van der Waals surface area contributed by atoms with E-state index in [0.29, 0.717) is 11.5 Å². The van der Waals surface area contributed by atoms with E-state index >= 15 is 0 Å². The molecule has 1 spiro atoms. The number of aryl methyl sites for hydroxylation is 1. The van der Waals surface area contributed by atoms with Gasteiger partial charge in [-0.2, -0.15) is 0 Å². The molecule has 0 N–H and O–H groups in total. The molecule has 7 rings (SSSR count). The van der Waals surface area contributed by atoms with E-state index in [0.717, 1.165) is 87.2 Å². The fourth-order valence-corrected chi connectivity index (χ4v) is 6.16. The molecule has 8 nitrogen and oxygen atoms in total. The van der Waals surface area contributed by atoms with Crippen molar-refractivity contribution in [2.24, 2.45) is 5.41 Å². The van der Waals surface area contributed by atoms with Crippen LogP contribution in [0.15, 0.2) is 36.5 Å².